The minimum atomic E-state index is -0.353. The predicted octanol–water partition coefficient (Wildman–Crippen LogP) is 0.203. The number of hydrogen-bond acceptors (Lipinski definition) is 4. The Bertz CT molecular complexity index is 624. The van der Waals surface area contributed by atoms with Gasteiger partial charge in [0.05, 0.1) is 0 Å². The van der Waals surface area contributed by atoms with Gasteiger partial charge in [-0.05, 0) is 12.5 Å². The second kappa shape index (κ2) is 8.94. The van der Waals surface area contributed by atoms with Gasteiger partial charge >= 0.3 is 5.95 Å². The Hall–Kier alpha value is -1.12. The summed E-state index contributed by atoms with van der Waals surface area (Å²) in [5, 5.41) is 25.7. The molecule has 0 saturated heterocycles. The number of para-hydroxylation sites is 2. The molecule has 0 amide bonds. The van der Waals surface area contributed by atoms with Gasteiger partial charge in [-0.25, -0.2) is 4.73 Å². The number of benzene rings is 1. The molecule has 4 radical (unpaired) electrons. The summed E-state index contributed by atoms with van der Waals surface area (Å²) in [5.41, 5.74) is 5.62. The van der Waals surface area contributed by atoms with Crippen LogP contribution in [0.4, 0.5) is 5.95 Å². The number of anilines is 1. The van der Waals surface area contributed by atoms with E-state index >= 15 is 0 Å². The van der Waals surface area contributed by atoms with E-state index in [1.807, 2.05) is 0 Å². The fourth-order valence-electron chi connectivity index (χ4n) is 1.50. The minimum absolute atomic E-state index is 0. The van der Waals surface area contributed by atoms with Gasteiger partial charge in [-0.15, -0.1) is 0 Å². The Morgan fingerprint density at radius 2 is 1.60 bits per heavy atom. The Kier molecular flexibility index (Phi) is 8.44. The average molecular weight is 411 g/mol. The van der Waals surface area contributed by atoms with Gasteiger partial charge in [0.25, 0.3) is 5.52 Å². The first-order chi connectivity index (χ1) is 8.70. The molecule has 100 valence electrons. The summed E-state index contributed by atoms with van der Waals surface area (Å²) in [6.07, 6.45) is 9.50. The van der Waals surface area contributed by atoms with E-state index in [9.17, 15) is 10.4 Å². The van der Waals surface area contributed by atoms with Gasteiger partial charge in [-0.2, -0.15) is 0 Å². The summed E-state index contributed by atoms with van der Waals surface area (Å²) in [6.45, 7) is 0. The molecule has 1 aliphatic rings. The second-order valence-electron chi connectivity index (χ2n) is 3.61. The summed E-state index contributed by atoms with van der Waals surface area (Å²) in [5.74, 6) is -0.353. The fourth-order valence-corrected chi connectivity index (χ4v) is 1.50. The van der Waals surface area contributed by atoms with Crippen LogP contribution in [-0.2, 0) is 21.7 Å². The maximum Gasteiger partial charge on any atom is 0.458 e. The van der Waals surface area contributed by atoms with Crippen molar-refractivity contribution in [1.29, 1.82) is 0 Å². The Morgan fingerprint density at radius 3 is 2.10 bits per heavy atom. The molecule has 0 saturated carbocycles. The van der Waals surface area contributed by atoms with E-state index in [1.54, 1.807) is 12.1 Å². The Morgan fingerprint density at radius 1 is 1.05 bits per heavy atom. The van der Waals surface area contributed by atoms with Crippen molar-refractivity contribution in [3.05, 3.63) is 59.0 Å². The van der Waals surface area contributed by atoms with E-state index in [2.05, 4.69) is 29.4 Å². The van der Waals surface area contributed by atoms with Crippen molar-refractivity contribution in [1.82, 2.24) is 5.10 Å². The summed E-state index contributed by atoms with van der Waals surface area (Å²) in [4.78, 5) is 0.332. The largest absolute Gasteiger partial charge is 0.739 e. The molecule has 0 fully saturated rings. The molecule has 2 aromatic rings. The quantitative estimate of drug-likeness (QED) is 0.381. The number of hydrogen-bond donors (Lipinski definition) is 1. The SMILES string of the molecule is C1=CCC=C1.Nc1n[n+]([O-])c2ccccc2[n+]1[O-].[Sn].[Ti]. The predicted molar refractivity (Wildman–Crippen MR) is 72.7 cm³/mol. The van der Waals surface area contributed by atoms with Crippen LogP contribution in [0.2, 0.25) is 0 Å². The van der Waals surface area contributed by atoms with Crippen molar-refractivity contribution in [2.45, 2.75) is 6.42 Å². The number of nitrogens with two attached hydrogens (primary N) is 1. The molecule has 6 nitrogen and oxygen atoms in total. The molecule has 0 unspecified atom stereocenters. The maximum absolute atomic E-state index is 11.3. The molecule has 1 heterocycles. The van der Waals surface area contributed by atoms with E-state index in [-0.39, 0.29) is 62.6 Å². The summed E-state index contributed by atoms with van der Waals surface area (Å²) in [6, 6.07) is 6.31. The number of allylic oxidation sites excluding steroid dienone is 4. The van der Waals surface area contributed by atoms with Crippen LogP contribution in [0.3, 0.4) is 0 Å². The average Bonchev–Trinajstić information content (AvgIpc) is 2.95. The molecule has 1 aliphatic carbocycles. The van der Waals surface area contributed by atoms with Gasteiger partial charge in [0.1, 0.15) is 0 Å². The van der Waals surface area contributed by atoms with Gasteiger partial charge in [-0.3, -0.25) is 5.73 Å². The zero-order chi connectivity index (χ0) is 13.0. The first-order valence-electron chi connectivity index (χ1n) is 5.39. The number of fused-ring (bicyclic) bond motifs is 1. The number of nitrogens with zero attached hydrogens (tertiary/aromatic N) is 3. The Labute approximate surface area is 148 Å². The van der Waals surface area contributed by atoms with Crippen molar-refractivity contribution in [2.75, 3.05) is 5.73 Å². The van der Waals surface area contributed by atoms with Crippen molar-refractivity contribution >= 4 is 40.9 Å². The van der Waals surface area contributed by atoms with Crippen molar-refractivity contribution in [2.24, 2.45) is 0 Å². The third-order valence-electron chi connectivity index (χ3n) is 2.36. The zero-order valence-electron chi connectivity index (χ0n) is 10.6. The minimum Gasteiger partial charge on any atom is -0.739 e. The third-order valence-corrected chi connectivity index (χ3v) is 2.36. The number of nitrogen functional groups attached to an aromatic ring is 1. The number of rotatable bonds is 0. The molecule has 0 bridgehead atoms. The van der Waals surface area contributed by atoms with E-state index in [1.165, 1.54) is 12.1 Å². The topological polar surface area (TPSA) is 92.8 Å². The standard InChI is InChI=1S/C7H6N4O2.C5H6.Sn.Ti/c8-7-9-11(13)6-4-2-1-3-5(6)10(7)12;1-2-4-5-3-1;;/h1-4H,(H2,8,9);1-4H,5H2;;. The molecular formula is C12H12N4O2SnTi. The normalized spacial score (nSPS) is 11.2. The van der Waals surface area contributed by atoms with Gasteiger partial charge in [0, 0.05) is 56.5 Å². The van der Waals surface area contributed by atoms with Gasteiger partial charge < -0.3 is 10.4 Å². The molecule has 8 heteroatoms. The van der Waals surface area contributed by atoms with Crippen LogP contribution in [0, 0.1) is 10.4 Å². The van der Waals surface area contributed by atoms with Gasteiger partial charge in [0.15, 0.2) is 5.52 Å². The molecular weight excluding hydrogens is 399 g/mol. The molecule has 3 rings (SSSR count). The van der Waals surface area contributed by atoms with Crippen LogP contribution < -0.4 is 15.3 Å². The van der Waals surface area contributed by atoms with Gasteiger partial charge in [0.2, 0.25) is 5.10 Å². The van der Waals surface area contributed by atoms with Crippen LogP contribution >= 0.6 is 0 Å². The van der Waals surface area contributed by atoms with Crippen molar-refractivity contribution in [3.63, 3.8) is 0 Å². The van der Waals surface area contributed by atoms with Crippen molar-refractivity contribution < 1.29 is 31.3 Å². The summed E-state index contributed by atoms with van der Waals surface area (Å²) in [7, 11) is 0. The van der Waals surface area contributed by atoms with E-state index in [0.717, 1.165) is 6.42 Å². The van der Waals surface area contributed by atoms with E-state index in [4.69, 9.17) is 5.73 Å². The van der Waals surface area contributed by atoms with E-state index in [0.29, 0.717) is 9.58 Å². The summed E-state index contributed by atoms with van der Waals surface area (Å²) < 4.78 is 0.420. The first kappa shape index (κ1) is 18.9. The van der Waals surface area contributed by atoms with Gasteiger partial charge in [-0.1, -0.05) is 36.4 Å². The molecule has 0 atom stereocenters. The maximum atomic E-state index is 11.3. The molecule has 20 heavy (non-hydrogen) atoms. The molecule has 1 aromatic carbocycles. The van der Waals surface area contributed by atoms with E-state index < -0.39 is 0 Å². The summed E-state index contributed by atoms with van der Waals surface area (Å²) >= 11 is 0. The zero-order valence-corrected chi connectivity index (χ0v) is 15.0. The van der Waals surface area contributed by atoms with Crippen LogP contribution in [0.5, 0.6) is 0 Å². The molecule has 0 aliphatic heterocycles. The number of aromatic nitrogens is 3. The van der Waals surface area contributed by atoms with Crippen molar-refractivity contribution in [3.8, 4) is 0 Å². The molecule has 0 spiro atoms. The monoisotopic (exact) mass is 412 g/mol. The van der Waals surface area contributed by atoms with Crippen LogP contribution in [0.1, 0.15) is 6.42 Å². The van der Waals surface area contributed by atoms with Crippen LogP contribution in [0.15, 0.2) is 48.6 Å². The smallest absolute Gasteiger partial charge is 0.458 e. The Balaban J connectivity index is 0.000000443. The van der Waals surface area contributed by atoms with Crippen LogP contribution in [-0.4, -0.2) is 29.0 Å². The second-order valence-corrected chi connectivity index (χ2v) is 3.61. The molecule has 2 N–H and O–H groups in total. The first-order valence-corrected chi connectivity index (χ1v) is 5.39. The van der Waals surface area contributed by atoms with Crippen LogP contribution in [0.25, 0.3) is 11.0 Å². The molecule has 1 aromatic heterocycles. The third kappa shape index (κ3) is 4.47. The fraction of sp³-hybridized carbons (Fsp3) is 0.0833.